The van der Waals surface area contributed by atoms with E-state index in [0.717, 1.165) is 10.8 Å². The maximum absolute atomic E-state index is 5.62. The van der Waals surface area contributed by atoms with Gasteiger partial charge in [-0.25, -0.2) is 9.67 Å². The Bertz CT molecular complexity index is 647. The Morgan fingerprint density at radius 2 is 1.96 bits per heavy atom. The Morgan fingerprint density at radius 3 is 2.58 bits per heavy atom. The molecule has 24 heavy (non-hydrogen) atoms. The maximum atomic E-state index is 5.62. The third-order valence-corrected chi connectivity index (χ3v) is 5.30. The van der Waals surface area contributed by atoms with E-state index in [-0.39, 0.29) is 6.04 Å². The second-order valence-corrected chi connectivity index (χ2v) is 6.89. The quantitative estimate of drug-likeness (QED) is 0.861. The van der Waals surface area contributed by atoms with E-state index in [0.29, 0.717) is 6.04 Å². The first-order chi connectivity index (χ1) is 11.6. The van der Waals surface area contributed by atoms with Gasteiger partial charge in [-0.15, -0.1) is 0 Å². The normalized spacial score (nSPS) is 16.6. The van der Waals surface area contributed by atoms with Gasteiger partial charge in [0.15, 0.2) is 5.11 Å². The van der Waals surface area contributed by atoms with Crippen molar-refractivity contribution < 1.29 is 0 Å². The molecule has 1 heterocycles. The van der Waals surface area contributed by atoms with Crippen LogP contribution in [-0.2, 0) is 0 Å². The second kappa shape index (κ2) is 7.75. The van der Waals surface area contributed by atoms with Crippen molar-refractivity contribution in [3.63, 3.8) is 0 Å². The number of aromatic nitrogens is 3. The van der Waals surface area contributed by atoms with Crippen molar-refractivity contribution in [3.05, 3.63) is 42.5 Å². The highest BCUT2D eigenvalue weighted by Crippen LogP contribution is 2.22. The highest BCUT2D eigenvalue weighted by atomic mass is 32.1. The van der Waals surface area contributed by atoms with E-state index in [1.165, 1.54) is 37.7 Å². The van der Waals surface area contributed by atoms with Crippen LogP contribution in [0.15, 0.2) is 36.9 Å². The highest BCUT2D eigenvalue weighted by molar-refractivity contribution is 7.80. The Kier molecular flexibility index (Phi) is 5.45. The molecule has 0 aliphatic heterocycles. The molecule has 3 rings (SSSR count). The summed E-state index contributed by atoms with van der Waals surface area (Å²) in [5, 5.41) is 8.53. The fourth-order valence-electron chi connectivity index (χ4n) is 3.17. The average Bonchev–Trinajstić information content (AvgIpc) is 3.16. The van der Waals surface area contributed by atoms with Gasteiger partial charge in [-0.1, -0.05) is 31.4 Å². The van der Waals surface area contributed by atoms with Crippen LogP contribution < -0.4 is 5.32 Å². The van der Waals surface area contributed by atoms with Gasteiger partial charge >= 0.3 is 0 Å². The molecule has 1 aromatic heterocycles. The van der Waals surface area contributed by atoms with Gasteiger partial charge in [-0.05, 0) is 49.7 Å². The largest absolute Gasteiger partial charge is 0.360 e. The van der Waals surface area contributed by atoms with Crippen molar-refractivity contribution in [3.8, 4) is 5.69 Å². The molecule has 6 heteroatoms. The van der Waals surface area contributed by atoms with Crippen LogP contribution >= 0.6 is 12.2 Å². The van der Waals surface area contributed by atoms with Crippen LogP contribution in [0, 0.1) is 0 Å². The predicted octanol–water partition coefficient (Wildman–Crippen LogP) is 3.47. The summed E-state index contributed by atoms with van der Waals surface area (Å²) in [7, 11) is 2.06. The molecule has 0 spiro atoms. The lowest BCUT2D eigenvalue weighted by atomic mass is 9.96. The van der Waals surface area contributed by atoms with Gasteiger partial charge in [0, 0.05) is 13.1 Å². The van der Waals surface area contributed by atoms with Crippen molar-refractivity contribution in [2.45, 2.75) is 51.1 Å². The molecule has 128 valence electrons. The highest BCUT2D eigenvalue weighted by Gasteiger charge is 2.19. The molecule has 1 aliphatic carbocycles. The lowest BCUT2D eigenvalue weighted by molar-refractivity contribution is 0.362. The van der Waals surface area contributed by atoms with Crippen LogP contribution in [0.2, 0.25) is 0 Å². The number of benzene rings is 1. The lowest BCUT2D eigenvalue weighted by Crippen LogP contribution is -2.44. The van der Waals surface area contributed by atoms with E-state index < -0.39 is 0 Å². The van der Waals surface area contributed by atoms with Gasteiger partial charge in [-0.3, -0.25) is 0 Å². The molecule has 1 saturated carbocycles. The van der Waals surface area contributed by atoms with Crippen LogP contribution in [0.4, 0.5) is 0 Å². The fourth-order valence-corrected chi connectivity index (χ4v) is 3.49. The Hall–Kier alpha value is -1.95. The van der Waals surface area contributed by atoms with E-state index in [1.54, 1.807) is 17.3 Å². The van der Waals surface area contributed by atoms with Crippen LogP contribution in [0.25, 0.3) is 5.69 Å². The zero-order chi connectivity index (χ0) is 16.9. The molecule has 5 nitrogen and oxygen atoms in total. The van der Waals surface area contributed by atoms with Crippen LogP contribution in [0.3, 0.4) is 0 Å². The topological polar surface area (TPSA) is 46.0 Å². The number of nitrogens with zero attached hydrogens (tertiary/aromatic N) is 4. The van der Waals surface area contributed by atoms with Gasteiger partial charge in [0.25, 0.3) is 0 Å². The van der Waals surface area contributed by atoms with Gasteiger partial charge in [-0.2, -0.15) is 5.10 Å². The summed E-state index contributed by atoms with van der Waals surface area (Å²) in [6.07, 6.45) is 9.68. The minimum atomic E-state index is 0.221. The summed E-state index contributed by atoms with van der Waals surface area (Å²) >= 11 is 5.62. The summed E-state index contributed by atoms with van der Waals surface area (Å²) in [5.74, 6) is 0. The van der Waals surface area contributed by atoms with E-state index in [1.807, 2.05) is 0 Å². The third kappa shape index (κ3) is 3.93. The zero-order valence-electron chi connectivity index (χ0n) is 14.4. The molecule has 0 amide bonds. The molecule has 0 saturated heterocycles. The smallest absolute Gasteiger partial charge is 0.169 e. The molecule has 1 aromatic carbocycles. The second-order valence-electron chi connectivity index (χ2n) is 6.50. The summed E-state index contributed by atoms with van der Waals surface area (Å²) in [5.41, 5.74) is 2.24. The average molecular weight is 344 g/mol. The summed E-state index contributed by atoms with van der Waals surface area (Å²) in [6.45, 7) is 2.18. The molecule has 2 aromatic rings. The SMILES string of the molecule is C[C@H](c1ccc(-n2cncn2)cc1)N(C)C(=S)NC1CCCCC1. The fraction of sp³-hybridized carbons (Fsp3) is 0.500. The van der Waals surface area contributed by atoms with Gasteiger partial charge in [0.05, 0.1) is 11.7 Å². The minimum absolute atomic E-state index is 0.221. The molecule has 0 radical (unpaired) electrons. The predicted molar refractivity (Wildman–Crippen MR) is 100 cm³/mol. The number of thiocarbonyl (C=S) groups is 1. The van der Waals surface area contributed by atoms with E-state index in [2.05, 4.69) is 58.5 Å². The first kappa shape index (κ1) is 16.9. The van der Waals surface area contributed by atoms with Crippen LogP contribution in [0.1, 0.15) is 50.6 Å². The van der Waals surface area contributed by atoms with Gasteiger partial charge in [0.1, 0.15) is 12.7 Å². The third-order valence-electron chi connectivity index (χ3n) is 4.89. The molecule has 1 N–H and O–H groups in total. The first-order valence-electron chi connectivity index (χ1n) is 8.63. The number of hydrogen-bond acceptors (Lipinski definition) is 3. The molecule has 0 unspecified atom stereocenters. The summed E-state index contributed by atoms with van der Waals surface area (Å²) in [6, 6.07) is 9.13. The lowest BCUT2D eigenvalue weighted by Gasteiger charge is -2.32. The Labute approximate surface area is 149 Å². The summed E-state index contributed by atoms with van der Waals surface area (Å²) in [4.78, 5) is 6.13. The standard InChI is InChI=1S/C18H25N5S/c1-14(22(2)18(24)21-16-6-4-3-5-7-16)15-8-10-17(11-9-15)23-13-19-12-20-23/h8-14,16H,3-7H2,1-2H3,(H,21,24)/t14-/m1/s1. The maximum Gasteiger partial charge on any atom is 0.169 e. The monoisotopic (exact) mass is 343 g/mol. The van der Waals surface area contributed by atoms with Gasteiger partial charge in [0.2, 0.25) is 0 Å². The minimum Gasteiger partial charge on any atom is -0.360 e. The van der Waals surface area contributed by atoms with E-state index >= 15 is 0 Å². The van der Waals surface area contributed by atoms with Crippen molar-refractivity contribution in [2.24, 2.45) is 0 Å². The molecular formula is C18H25N5S. The van der Waals surface area contributed by atoms with Gasteiger partial charge < -0.3 is 10.2 Å². The molecule has 1 fully saturated rings. The Morgan fingerprint density at radius 1 is 1.25 bits per heavy atom. The van der Waals surface area contributed by atoms with Crippen molar-refractivity contribution >= 4 is 17.3 Å². The Balaban J connectivity index is 1.62. The van der Waals surface area contributed by atoms with Crippen LogP contribution in [0.5, 0.6) is 0 Å². The van der Waals surface area contributed by atoms with Crippen molar-refractivity contribution in [2.75, 3.05) is 7.05 Å². The molecule has 1 aliphatic rings. The molecular weight excluding hydrogens is 318 g/mol. The van der Waals surface area contributed by atoms with Crippen molar-refractivity contribution in [1.29, 1.82) is 0 Å². The number of hydrogen-bond donors (Lipinski definition) is 1. The molecule has 1 atom stereocenters. The van der Waals surface area contributed by atoms with E-state index in [4.69, 9.17) is 12.2 Å². The van der Waals surface area contributed by atoms with E-state index in [9.17, 15) is 0 Å². The summed E-state index contributed by atoms with van der Waals surface area (Å²) < 4.78 is 1.76. The number of rotatable bonds is 4. The first-order valence-corrected chi connectivity index (χ1v) is 9.04. The molecule has 0 bridgehead atoms. The van der Waals surface area contributed by atoms with Crippen LogP contribution in [-0.4, -0.2) is 37.9 Å². The number of nitrogens with one attached hydrogen (secondary N) is 1. The zero-order valence-corrected chi connectivity index (χ0v) is 15.2. The van der Waals surface area contributed by atoms with Crippen molar-refractivity contribution in [1.82, 2.24) is 25.0 Å².